The van der Waals surface area contributed by atoms with Crippen molar-refractivity contribution in [1.29, 1.82) is 0 Å². The number of rotatable bonds is 8. The van der Waals surface area contributed by atoms with Crippen LogP contribution in [-0.4, -0.2) is 33.4 Å². The Bertz CT molecular complexity index is 1620. The molecule has 1 aliphatic heterocycles. The lowest BCUT2D eigenvalue weighted by molar-refractivity contribution is -0.122. The summed E-state index contributed by atoms with van der Waals surface area (Å²) < 4.78 is 36.7. The van der Waals surface area contributed by atoms with Gasteiger partial charge in [0.25, 0.3) is 11.8 Å². The van der Waals surface area contributed by atoms with E-state index in [0.717, 1.165) is 4.90 Å². The van der Waals surface area contributed by atoms with E-state index in [1.165, 1.54) is 79.9 Å². The lowest BCUT2D eigenvalue weighted by Crippen LogP contribution is -2.54. The molecule has 4 rings (SSSR count). The summed E-state index contributed by atoms with van der Waals surface area (Å²) in [6.45, 7) is 3.70. The minimum Gasteiger partial charge on any atom is -0.493 e. The second-order valence-electron chi connectivity index (χ2n) is 8.13. The fourth-order valence-electron chi connectivity index (χ4n) is 3.73. The van der Waals surface area contributed by atoms with Gasteiger partial charge in [-0.15, -0.1) is 6.58 Å². The lowest BCUT2D eigenvalue weighted by Gasteiger charge is -2.26. The predicted octanol–water partition coefficient (Wildman–Crippen LogP) is 5.16. The number of allylic oxidation sites excluding steroid dienone is 1. The third-order valence-electron chi connectivity index (χ3n) is 5.53. The monoisotopic (exact) mass is 586 g/mol. The van der Waals surface area contributed by atoms with Gasteiger partial charge in [-0.3, -0.25) is 14.9 Å². The van der Waals surface area contributed by atoms with Crippen LogP contribution in [0.3, 0.4) is 0 Å². The first-order valence-electron chi connectivity index (χ1n) is 11.2. The fourth-order valence-corrected chi connectivity index (χ4v) is 4.95. The summed E-state index contributed by atoms with van der Waals surface area (Å²) in [6.07, 6.45) is 2.95. The number of imide groups is 2. The first kappa shape index (κ1) is 27.9. The highest BCUT2D eigenvalue weighted by Gasteiger charge is 2.37. The van der Waals surface area contributed by atoms with Crippen molar-refractivity contribution in [1.82, 2.24) is 5.32 Å². The van der Waals surface area contributed by atoms with Crippen LogP contribution in [0.5, 0.6) is 11.5 Å². The highest BCUT2D eigenvalue weighted by Crippen LogP contribution is 2.37. The molecule has 0 aromatic heterocycles. The molecule has 0 spiro atoms. The molecule has 1 fully saturated rings. The van der Waals surface area contributed by atoms with Crippen LogP contribution in [0, 0.1) is 0 Å². The molecule has 1 aliphatic rings. The van der Waals surface area contributed by atoms with E-state index in [-0.39, 0.29) is 34.1 Å². The van der Waals surface area contributed by atoms with Crippen molar-refractivity contribution in [3.8, 4) is 11.5 Å². The van der Waals surface area contributed by atoms with Crippen LogP contribution >= 0.6 is 23.2 Å². The first-order chi connectivity index (χ1) is 18.5. The maximum atomic E-state index is 13.2. The number of barbiturate groups is 1. The normalized spacial score (nSPS) is 14.8. The van der Waals surface area contributed by atoms with Crippen molar-refractivity contribution in [2.75, 3.05) is 12.0 Å². The second kappa shape index (κ2) is 11.3. The molecule has 12 heteroatoms. The van der Waals surface area contributed by atoms with Crippen LogP contribution in [0.15, 0.2) is 83.8 Å². The summed E-state index contributed by atoms with van der Waals surface area (Å²) in [7, 11) is -2.96. The minimum atomic E-state index is -4.27. The Morgan fingerprint density at radius 3 is 2.18 bits per heavy atom. The van der Waals surface area contributed by atoms with E-state index in [2.05, 4.69) is 11.9 Å². The van der Waals surface area contributed by atoms with Gasteiger partial charge in [0.05, 0.1) is 12.8 Å². The van der Waals surface area contributed by atoms with Gasteiger partial charge >= 0.3 is 16.1 Å². The predicted molar refractivity (Wildman–Crippen MR) is 147 cm³/mol. The van der Waals surface area contributed by atoms with Crippen LogP contribution in [0.25, 0.3) is 6.08 Å². The van der Waals surface area contributed by atoms with Crippen molar-refractivity contribution >= 4 is 62.9 Å². The zero-order valence-electron chi connectivity index (χ0n) is 20.3. The standard InChI is InChI=1S/C27H20Cl2N2O7S/c1-3-4-17-13-16(15-23(37-2)24(17)38-39(35,36)21-11-7-19(29)8-12-21)14-22-25(32)30-27(34)31(26(22)33)20-9-5-18(28)6-10-20/h3,5-15H,1,4H2,2H3,(H,30,32,34)/b22-14+. The van der Waals surface area contributed by atoms with Gasteiger partial charge < -0.3 is 8.92 Å². The Labute approximate surface area is 234 Å². The van der Waals surface area contributed by atoms with Gasteiger partial charge in [0, 0.05) is 15.6 Å². The maximum absolute atomic E-state index is 13.2. The average molecular weight is 587 g/mol. The van der Waals surface area contributed by atoms with E-state index in [4.69, 9.17) is 32.1 Å². The largest absolute Gasteiger partial charge is 0.493 e. The topological polar surface area (TPSA) is 119 Å². The quantitative estimate of drug-likeness (QED) is 0.167. The van der Waals surface area contributed by atoms with Gasteiger partial charge in [-0.05, 0) is 78.7 Å². The van der Waals surface area contributed by atoms with Crippen LogP contribution in [0.1, 0.15) is 11.1 Å². The molecule has 3 aromatic rings. The number of hydrogen-bond acceptors (Lipinski definition) is 7. The number of carbonyl (C=O) groups excluding carboxylic acids is 3. The highest BCUT2D eigenvalue weighted by atomic mass is 35.5. The number of urea groups is 1. The molecule has 0 atom stereocenters. The number of anilines is 1. The van der Waals surface area contributed by atoms with Gasteiger partial charge in [-0.2, -0.15) is 8.42 Å². The number of amides is 4. The zero-order valence-corrected chi connectivity index (χ0v) is 22.6. The molecule has 0 radical (unpaired) electrons. The van der Waals surface area contributed by atoms with Gasteiger partial charge in [0.15, 0.2) is 11.5 Å². The van der Waals surface area contributed by atoms with E-state index in [9.17, 15) is 22.8 Å². The Morgan fingerprint density at radius 2 is 1.59 bits per heavy atom. The molecule has 9 nitrogen and oxygen atoms in total. The van der Waals surface area contributed by atoms with Crippen molar-refractivity contribution in [3.63, 3.8) is 0 Å². The van der Waals surface area contributed by atoms with Crippen LogP contribution in [-0.2, 0) is 26.1 Å². The lowest BCUT2D eigenvalue weighted by atomic mass is 10.0. The van der Waals surface area contributed by atoms with Crippen molar-refractivity contribution in [2.24, 2.45) is 0 Å². The van der Waals surface area contributed by atoms with Crippen LogP contribution in [0.4, 0.5) is 10.5 Å². The molecule has 1 saturated heterocycles. The number of nitrogens with zero attached hydrogens (tertiary/aromatic N) is 1. The summed E-state index contributed by atoms with van der Waals surface area (Å²) in [5.41, 5.74) is 0.534. The summed E-state index contributed by atoms with van der Waals surface area (Å²) in [6, 6.07) is 13.4. The summed E-state index contributed by atoms with van der Waals surface area (Å²) in [5.74, 6) is -1.83. The maximum Gasteiger partial charge on any atom is 0.339 e. The highest BCUT2D eigenvalue weighted by molar-refractivity contribution is 7.87. The zero-order chi connectivity index (χ0) is 28.3. The molecular formula is C27H20Cl2N2O7S. The van der Waals surface area contributed by atoms with E-state index in [1.807, 2.05) is 0 Å². The van der Waals surface area contributed by atoms with Crippen molar-refractivity contribution < 1.29 is 31.7 Å². The first-order valence-corrected chi connectivity index (χ1v) is 13.4. The van der Waals surface area contributed by atoms with E-state index in [0.29, 0.717) is 21.2 Å². The number of halogens is 2. The molecule has 0 bridgehead atoms. The van der Waals surface area contributed by atoms with Gasteiger partial charge in [-0.1, -0.05) is 29.3 Å². The summed E-state index contributed by atoms with van der Waals surface area (Å²) in [4.78, 5) is 39.0. The molecule has 39 heavy (non-hydrogen) atoms. The molecule has 1 N–H and O–H groups in total. The van der Waals surface area contributed by atoms with Crippen LogP contribution in [0.2, 0.25) is 10.0 Å². The SMILES string of the molecule is C=CCc1cc(/C=C2\C(=O)NC(=O)N(c3ccc(Cl)cc3)C2=O)cc(OC)c1OS(=O)(=O)c1ccc(Cl)cc1. The smallest absolute Gasteiger partial charge is 0.339 e. The molecule has 200 valence electrons. The van der Waals surface area contributed by atoms with Gasteiger partial charge in [0.1, 0.15) is 10.5 Å². The van der Waals surface area contributed by atoms with Gasteiger partial charge in [-0.25, -0.2) is 9.69 Å². The molecule has 3 aromatic carbocycles. The van der Waals surface area contributed by atoms with Gasteiger partial charge in [0.2, 0.25) is 0 Å². The minimum absolute atomic E-state index is 0.0213. The average Bonchev–Trinajstić information content (AvgIpc) is 2.89. The molecule has 0 saturated carbocycles. The number of ether oxygens (including phenoxy) is 1. The Morgan fingerprint density at radius 1 is 0.974 bits per heavy atom. The molecule has 0 unspecified atom stereocenters. The third kappa shape index (κ3) is 5.98. The Kier molecular flexibility index (Phi) is 8.10. The van der Waals surface area contributed by atoms with Crippen LogP contribution < -0.4 is 19.1 Å². The number of hydrogen-bond donors (Lipinski definition) is 1. The molecule has 4 amide bonds. The molecule has 1 heterocycles. The third-order valence-corrected chi connectivity index (χ3v) is 7.27. The van der Waals surface area contributed by atoms with E-state index in [1.54, 1.807) is 0 Å². The Hall–Kier alpha value is -4.12. The fraction of sp³-hybridized carbons (Fsp3) is 0.0741. The van der Waals surface area contributed by atoms with Crippen molar-refractivity contribution in [2.45, 2.75) is 11.3 Å². The molecular weight excluding hydrogens is 567 g/mol. The number of benzene rings is 3. The number of nitrogens with one attached hydrogen (secondary N) is 1. The Balaban J connectivity index is 1.76. The van der Waals surface area contributed by atoms with E-state index >= 15 is 0 Å². The summed E-state index contributed by atoms with van der Waals surface area (Å²) in [5, 5.41) is 2.90. The number of carbonyl (C=O) groups is 3. The molecule has 0 aliphatic carbocycles. The summed E-state index contributed by atoms with van der Waals surface area (Å²) >= 11 is 11.8. The second-order valence-corrected chi connectivity index (χ2v) is 10.5. The number of methoxy groups -OCH3 is 1. The van der Waals surface area contributed by atoms with Crippen molar-refractivity contribution in [3.05, 3.63) is 100 Å². The van der Waals surface area contributed by atoms with E-state index < -0.39 is 28.0 Å².